The lowest BCUT2D eigenvalue weighted by molar-refractivity contribution is 0.144. The maximum Gasteiger partial charge on any atom is 0.0941 e. The number of aliphatic hydroxyl groups excluding tert-OH is 1. The van der Waals surface area contributed by atoms with E-state index in [0.29, 0.717) is 0 Å². The highest BCUT2D eigenvalue weighted by Gasteiger charge is 2.14. The molecule has 0 bridgehead atoms. The number of halogens is 1. The Morgan fingerprint density at radius 3 is 2.77 bits per heavy atom. The van der Waals surface area contributed by atoms with Gasteiger partial charge in [0.2, 0.25) is 0 Å². The molecule has 0 radical (unpaired) electrons. The summed E-state index contributed by atoms with van der Waals surface area (Å²) in [6.07, 6.45) is 0.204. The maximum absolute atomic E-state index is 9.77. The summed E-state index contributed by atoms with van der Waals surface area (Å²) in [6.45, 7) is 1.96. The van der Waals surface area contributed by atoms with Gasteiger partial charge >= 0.3 is 0 Å². The number of benzene rings is 1. The summed E-state index contributed by atoms with van der Waals surface area (Å²) in [6, 6.07) is 7.40. The summed E-state index contributed by atoms with van der Waals surface area (Å²) in [5.41, 5.74) is 6.60. The van der Waals surface area contributed by atoms with Crippen molar-refractivity contribution in [2.75, 3.05) is 0 Å². The van der Waals surface area contributed by atoms with E-state index in [-0.39, 0.29) is 6.04 Å². The van der Waals surface area contributed by atoms with Crippen molar-refractivity contribution < 1.29 is 5.11 Å². The molecule has 0 fully saturated rings. The first-order chi connectivity index (χ1) is 6.15. The molecule has 0 saturated carbocycles. The van der Waals surface area contributed by atoms with Crippen LogP contribution in [0.1, 0.15) is 25.0 Å². The lowest BCUT2D eigenvalue weighted by Crippen LogP contribution is -2.27. The monoisotopic (exact) mass is 243 g/mol. The van der Waals surface area contributed by atoms with E-state index in [2.05, 4.69) is 15.9 Å². The quantitative estimate of drug-likeness (QED) is 0.856. The predicted molar refractivity (Wildman–Crippen MR) is 57.4 cm³/mol. The zero-order valence-corrected chi connectivity index (χ0v) is 9.16. The molecule has 0 heterocycles. The molecule has 3 heteroatoms. The SMILES string of the molecule is CC[C@@H](N)[C@H](O)c1cccc(Br)c1. The van der Waals surface area contributed by atoms with E-state index >= 15 is 0 Å². The summed E-state index contributed by atoms with van der Waals surface area (Å²) in [4.78, 5) is 0. The smallest absolute Gasteiger partial charge is 0.0941 e. The summed E-state index contributed by atoms with van der Waals surface area (Å²) >= 11 is 3.35. The topological polar surface area (TPSA) is 46.2 Å². The second kappa shape index (κ2) is 4.74. The molecule has 13 heavy (non-hydrogen) atoms. The van der Waals surface area contributed by atoms with Crippen LogP contribution in [0.2, 0.25) is 0 Å². The minimum atomic E-state index is -0.567. The highest BCUT2D eigenvalue weighted by atomic mass is 79.9. The first-order valence-electron chi connectivity index (χ1n) is 4.34. The molecule has 2 atom stereocenters. The Morgan fingerprint density at radius 1 is 1.54 bits per heavy atom. The molecule has 0 aliphatic heterocycles. The first-order valence-corrected chi connectivity index (χ1v) is 5.13. The normalized spacial score (nSPS) is 15.4. The van der Waals surface area contributed by atoms with E-state index in [1.165, 1.54) is 0 Å². The van der Waals surface area contributed by atoms with Gasteiger partial charge in [-0.15, -0.1) is 0 Å². The Hall–Kier alpha value is -0.380. The van der Waals surface area contributed by atoms with E-state index in [1.54, 1.807) is 0 Å². The number of hydrogen-bond donors (Lipinski definition) is 2. The lowest BCUT2D eigenvalue weighted by atomic mass is 10.0. The van der Waals surface area contributed by atoms with Crippen molar-refractivity contribution in [2.45, 2.75) is 25.5 Å². The third kappa shape index (κ3) is 2.79. The molecule has 2 nitrogen and oxygen atoms in total. The van der Waals surface area contributed by atoms with Crippen molar-refractivity contribution >= 4 is 15.9 Å². The Balaban J connectivity index is 2.82. The van der Waals surface area contributed by atoms with Gasteiger partial charge in [-0.2, -0.15) is 0 Å². The van der Waals surface area contributed by atoms with Gasteiger partial charge in [0, 0.05) is 10.5 Å². The van der Waals surface area contributed by atoms with Gasteiger partial charge in [0.1, 0.15) is 0 Å². The van der Waals surface area contributed by atoms with Crippen LogP contribution < -0.4 is 5.73 Å². The number of nitrogens with two attached hydrogens (primary N) is 1. The summed E-state index contributed by atoms with van der Waals surface area (Å²) in [7, 11) is 0. The van der Waals surface area contributed by atoms with Crippen LogP contribution in [-0.4, -0.2) is 11.1 Å². The third-order valence-corrected chi connectivity index (χ3v) is 2.56. The first kappa shape index (κ1) is 10.7. The zero-order valence-electron chi connectivity index (χ0n) is 7.57. The Labute approximate surface area is 86.9 Å². The Kier molecular flexibility index (Phi) is 3.90. The minimum absolute atomic E-state index is 0.186. The average molecular weight is 244 g/mol. The molecule has 0 amide bonds. The zero-order chi connectivity index (χ0) is 9.84. The minimum Gasteiger partial charge on any atom is -0.387 e. The van der Waals surface area contributed by atoms with Crippen LogP contribution in [0, 0.1) is 0 Å². The van der Waals surface area contributed by atoms with Crippen LogP contribution in [0.15, 0.2) is 28.7 Å². The molecule has 3 N–H and O–H groups in total. The van der Waals surface area contributed by atoms with Crippen LogP contribution in [0.3, 0.4) is 0 Å². The second-order valence-electron chi connectivity index (χ2n) is 3.07. The van der Waals surface area contributed by atoms with Crippen LogP contribution in [0.5, 0.6) is 0 Å². The van der Waals surface area contributed by atoms with Gasteiger partial charge in [-0.05, 0) is 24.1 Å². The fourth-order valence-electron chi connectivity index (χ4n) is 1.16. The van der Waals surface area contributed by atoms with Gasteiger partial charge in [0.15, 0.2) is 0 Å². The van der Waals surface area contributed by atoms with Crippen molar-refractivity contribution in [1.29, 1.82) is 0 Å². The van der Waals surface area contributed by atoms with E-state index < -0.39 is 6.10 Å². The Bertz CT molecular complexity index is 277. The van der Waals surface area contributed by atoms with Crippen LogP contribution in [-0.2, 0) is 0 Å². The van der Waals surface area contributed by atoms with Gasteiger partial charge < -0.3 is 10.8 Å². The number of aliphatic hydroxyl groups is 1. The molecule has 0 spiro atoms. The average Bonchev–Trinajstić information content (AvgIpc) is 2.15. The van der Waals surface area contributed by atoms with Crippen LogP contribution >= 0.6 is 15.9 Å². The second-order valence-corrected chi connectivity index (χ2v) is 3.99. The lowest BCUT2D eigenvalue weighted by Gasteiger charge is -2.17. The largest absolute Gasteiger partial charge is 0.387 e. The molecule has 72 valence electrons. The molecule has 0 unspecified atom stereocenters. The molecule has 1 aromatic carbocycles. The highest BCUT2D eigenvalue weighted by molar-refractivity contribution is 9.10. The molecule has 1 rings (SSSR count). The van der Waals surface area contributed by atoms with Gasteiger partial charge in [0.25, 0.3) is 0 Å². The summed E-state index contributed by atoms with van der Waals surface area (Å²) < 4.78 is 0.965. The van der Waals surface area contributed by atoms with E-state index in [0.717, 1.165) is 16.5 Å². The van der Waals surface area contributed by atoms with E-state index in [9.17, 15) is 5.11 Å². The summed E-state index contributed by atoms with van der Waals surface area (Å²) in [5, 5.41) is 9.77. The van der Waals surface area contributed by atoms with E-state index in [1.807, 2.05) is 31.2 Å². The summed E-state index contributed by atoms with van der Waals surface area (Å²) in [5.74, 6) is 0. The fourth-order valence-corrected chi connectivity index (χ4v) is 1.58. The fraction of sp³-hybridized carbons (Fsp3) is 0.400. The van der Waals surface area contributed by atoms with Crippen LogP contribution in [0.4, 0.5) is 0 Å². The van der Waals surface area contributed by atoms with Gasteiger partial charge in [-0.1, -0.05) is 35.0 Å². The van der Waals surface area contributed by atoms with Gasteiger partial charge in [-0.25, -0.2) is 0 Å². The number of hydrogen-bond acceptors (Lipinski definition) is 2. The third-order valence-electron chi connectivity index (χ3n) is 2.07. The predicted octanol–water partition coefficient (Wildman–Crippen LogP) is 2.22. The molecular formula is C10H14BrNO. The van der Waals surface area contributed by atoms with Crippen molar-refractivity contribution in [1.82, 2.24) is 0 Å². The van der Waals surface area contributed by atoms with Crippen molar-refractivity contribution in [3.63, 3.8) is 0 Å². The van der Waals surface area contributed by atoms with E-state index in [4.69, 9.17) is 5.73 Å². The number of rotatable bonds is 3. The maximum atomic E-state index is 9.77. The molecule has 0 aliphatic rings. The van der Waals surface area contributed by atoms with Crippen molar-refractivity contribution in [2.24, 2.45) is 5.73 Å². The van der Waals surface area contributed by atoms with Crippen molar-refractivity contribution in [3.05, 3.63) is 34.3 Å². The van der Waals surface area contributed by atoms with Crippen molar-refractivity contribution in [3.8, 4) is 0 Å². The van der Waals surface area contributed by atoms with Gasteiger partial charge in [0.05, 0.1) is 6.10 Å². The standard InChI is InChI=1S/C10H14BrNO/c1-2-9(12)10(13)7-4-3-5-8(11)6-7/h3-6,9-10,13H,2,12H2,1H3/t9-,10-/m1/s1. The van der Waals surface area contributed by atoms with Crippen LogP contribution in [0.25, 0.3) is 0 Å². The molecule has 1 aromatic rings. The highest BCUT2D eigenvalue weighted by Crippen LogP contribution is 2.20. The molecule has 0 saturated heterocycles. The molecule has 0 aromatic heterocycles. The van der Waals surface area contributed by atoms with Gasteiger partial charge in [-0.3, -0.25) is 0 Å². The molecule has 0 aliphatic carbocycles. The Morgan fingerprint density at radius 2 is 2.23 bits per heavy atom. The molecular weight excluding hydrogens is 230 g/mol.